The Balaban J connectivity index is 1.78. The SMILES string of the molecule is COc1cc(C(=O)NCC(=O)NCCNC(=O)c2ccc(C(F)(F)F)cc2)cc(OC)c1OC. The molecule has 0 spiro atoms. The van der Waals surface area contributed by atoms with E-state index in [1.165, 1.54) is 33.5 Å². The van der Waals surface area contributed by atoms with Crippen molar-refractivity contribution in [1.29, 1.82) is 0 Å². The number of amides is 3. The molecular formula is C22H24F3N3O6. The number of carbonyl (C=O) groups excluding carboxylic acids is 3. The number of halogens is 3. The number of rotatable bonds is 10. The van der Waals surface area contributed by atoms with Crippen LogP contribution in [0.1, 0.15) is 26.3 Å². The van der Waals surface area contributed by atoms with E-state index in [0.717, 1.165) is 24.3 Å². The number of carbonyl (C=O) groups is 3. The zero-order valence-corrected chi connectivity index (χ0v) is 18.7. The predicted molar refractivity (Wildman–Crippen MR) is 115 cm³/mol. The monoisotopic (exact) mass is 483 g/mol. The Kier molecular flexibility index (Phi) is 9.10. The van der Waals surface area contributed by atoms with E-state index in [9.17, 15) is 27.6 Å². The fourth-order valence-corrected chi connectivity index (χ4v) is 2.83. The van der Waals surface area contributed by atoms with Crippen LogP contribution in [0.3, 0.4) is 0 Å². The highest BCUT2D eigenvalue weighted by atomic mass is 19.4. The molecule has 0 aromatic heterocycles. The second-order valence-corrected chi connectivity index (χ2v) is 6.78. The minimum Gasteiger partial charge on any atom is -0.493 e. The molecule has 9 nitrogen and oxygen atoms in total. The molecule has 184 valence electrons. The number of hydrogen-bond acceptors (Lipinski definition) is 6. The summed E-state index contributed by atoms with van der Waals surface area (Å²) >= 11 is 0. The molecular weight excluding hydrogens is 459 g/mol. The van der Waals surface area contributed by atoms with E-state index in [4.69, 9.17) is 14.2 Å². The van der Waals surface area contributed by atoms with Crippen molar-refractivity contribution in [3.8, 4) is 17.2 Å². The third-order valence-electron chi connectivity index (χ3n) is 4.54. The second kappa shape index (κ2) is 11.8. The molecule has 2 aromatic carbocycles. The molecule has 0 heterocycles. The number of hydrogen-bond donors (Lipinski definition) is 3. The van der Waals surface area contributed by atoms with Gasteiger partial charge >= 0.3 is 6.18 Å². The zero-order chi connectivity index (χ0) is 25.3. The van der Waals surface area contributed by atoms with Gasteiger partial charge in [-0.3, -0.25) is 14.4 Å². The van der Waals surface area contributed by atoms with Gasteiger partial charge in [-0.25, -0.2) is 0 Å². The molecule has 0 saturated carbocycles. The fraction of sp³-hybridized carbons (Fsp3) is 0.318. The highest BCUT2D eigenvalue weighted by Gasteiger charge is 2.30. The molecule has 2 aromatic rings. The molecule has 0 aliphatic rings. The topological polar surface area (TPSA) is 115 Å². The van der Waals surface area contributed by atoms with Gasteiger partial charge in [0.1, 0.15) is 0 Å². The molecule has 0 bridgehead atoms. The molecule has 34 heavy (non-hydrogen) atoms. The highest BCUT2D eigenvalue weighted by Crippen LogP contribution is 2.38. The van der Waals surface area contributed by atoms with Crippen LogP contribution < -0.4 is 30.2 Å². The normalized spacial score (nSPS) is 10.8. The zero-order valence-electron chi connectivity index (χ0n) is 18.7. The summed E-state index contributed by atoms with van der Waals surface area (Å²) in [6, 6.07) is 6.63. The Morgan fingerprint density at radius 1 is 0.765 bits per heavy atom. The van der Waals surface area contributed by atoms with Crippen molar-refractivity contribution in [2.75, 3.05) is 41.0 Å². The van der Waals surface area contributed by atoms with Gasteiger partial charge in [0.05, 0.1) is 33.4 Å². The van der Waals surface area contributed by atoms with E-state index in [1.54, 1.807) is 0 Å². The van der Waals surface area contributed by atoms with E-state index in [1.807, 2.05) is 0 Å². The molecule has 12 heteroatoms. The van der Waals surface area contributed by atoms with E-state index in [0.29, 0.717) is 5.75 Å². The van der Waals surface area contributed by atoms with Gasteiger partial charge in [-0.05, 0) is 36.4 Å². The molecule has 3 amide bonds. The van der Waals surface area contributed by atoms with Gasteiger partial charge < -0.3 is 30.2 Å². The first-order chi connectivity index (χ1) is 16.1. The van der Waals surface area contributed by atoms with E-state index in [-0.39, 0.29) is 42.3 Å². The molecule has 0 atom stereocenters. The Hall–Kier alpha value is -3.96. The van der Waals surface area contributed by atoms with Crippen LogP contribution in [-0.4, -0.2) is 58.7 Å². The summed E-state index contributed by atoms with van der Waals surface area (Å²) in [6.07, 6.45) is -4.49. The molecule has 0 aliphatic heterocycles. The predicted octanol–water partition coefficient (Wildman–Crippen LogP) is 2.01. The quantitative estimate of drug-likeness (QED) is 0.446. The van der Waals surface area contributed by atoms with Crippen LogP contribution in [0.4, 0.5) is 13.2 Å². The minimum absolute atomic E-state index is 0.0341. The first-order valence-corrected chi connectivity index (χ1v) is 9.91. The minimum atomic E-state index is -4.49. The number of alkyl halides is 3. The first-order valence-electron chi connectivity index (χ1n) is 9.91. The van der Waals surface area contributed by atoms with E-state index < -0.39 is 29.5 Å². The van der Waals surface area contributed by atoms with Crippen LogP contribution in [-0.2, 0) is 11.0 Å². The van der Waals surface area contributed by atoms with Crippen LogP contribution in [0.15, 0.2) is 36.4 Å². The lowest BCUT2D eigenvalue weighted by atomic mass is 10.1. The van der Waals surface area contributed by atoms with Crippen molar-refractivity contribution in [3.63, 3.8) is 0 Å². The van der Waals surface area contributed by atoms with Crippen LogP contribution in [0.2, 0.25) is 0 Å². The summed E-state index contributed by atoms with van der Waals surface area (Å²) in [5, 5.41) is 7.43. The van der Waals surface area contributed by atoms with Gasteiger partial charge in [0, 0.05) is 24.2 Å². The van der Waals surface area contributed by atoms with Crippen LogP contribution in [0, 0.1) is 0 Å². The standard InChI is InChI=1S/C22H24F3N3O6/c1-32-16-10-14(11-17(33-2)19(16)34-3)21(31)28-12-18(29)26-8-9-27-20(30)13-4-6-15(7-5-13)22(23,24)25/h4-7,10-11H,8-9,12H2,1-3H3,(H,26,29)(H,27,30)(H,28,31). The molecule has 2 rings (SSSR count). The van der Waals surface area contributed by atoms with Crippen LogP contribution in [0.25, 0.3) is 0 Å². The van der Waals surface area contributed by atoms with Crippen molar-refractivity contribution in [2.45, 2.75) is 6.18 Å². The van der Waals surface area contributed by atoms with E-state index in [2.05, 4.69) is 16.0 Å². The second-order valence-electron chi connectivity index (χ2n) is 6.78. The van der Waals surface area contributed by atoms with Crippen LogP contribution in [0.5, 0.6) is 17.2 Å². The van der Waals surface area contributed by atoms with Crippen molar-refractivity contribution in [3.05, 3.63) is 53.1 Å². The fourth-order valence-electron chi connectivity index (χ4n) is 2.83. The Bertz CT molecular complexity index is 1000. The number of nitrogens with one attached hydrogen (secondary N) is 3. The highest BCUT2D eigenvalue weighted by molar-refractivity contribution is 5.97. The number of methoxy groups -OCH3 is 3. The maximum atomic E-state index is 12.6. The molecule has 0 unspecified atom stereocenters. The van der Waals surface area contributed by atoms with Crippen LogP contribution >= 0.6 is 0 Å². The largest absolute Gasteiger partial charge is 0.493 e. The van der Waals surface area contributed by atoms with Gasteiger partial charge in [-0.15, -0.1) is 0 Å². The summed E-state index contributed by atoms with van der Waals surface area (Å²) < 4.78 is 53.3. The van der Waals surface area contributed by atoms with Gasteiger partial charge in [0.15, 0.2) is 11.5 Å². The number of benzene rings is 2. The molecule has 0 fully saturated rings. The third kappa shape index (κ3) is 7.02. The summed E-state index contributed by atoms with van der Waals surface area (Å²) in [6.45, 7) is -0.250. The summed E-state index contributed by atoms with van der Waals surface area (Å²) in [4.78, 5) is 36.3. The lowest BCUT2D eigenvalue weighted by Crippen LogP contribution is -2.40. The van der Waals surface area contributed by atoms with Gasteiger partial charge in [0.25, 0.3) is 11.8 Å². The Morgan fingerprint density at radius 3 is 1.79 bits per heavy atom. The summed E-state index contributed by atoms with van der Waals surface area (Å²) in [5.41, 5.74) is -0.618. The molecule has 3 N–H and O–H groups in total. The van der Waals surface area contributed by atoms with Crippen molar-refractivity contribution >= 4 is 17.7 Å². The van der Waals surface area contributed by atoms with Crippen molar-refractivity contribution < 1.29 is 41.8 Å². The Morgan fingerprint density at radius 2 is 1.29 bits per heavy atom. The Labute approximate surface area is 193 Å². The lowest BCUT2D eigenvalue weighted by Gasteiger charge is -2.14. The van der Waals surface area contributed by atoms with E-state index >= 15 is 0 Å². The maximum Gasteiger partial charge on any atom is 0.416 e. The smallest absolute Gasteiger partial charge is 0.416 e. The lowest BCUT2D eigenvalue weighted by molar-refractivity contribution is -0.137. The summed E-state index contributed by atoms with van der Waals surface area (Å²) in [7, 11) is 4.24. The van der Waals surface area contributed by atoms with Gasteiger partial charge in [-0.1, -0.05) is 0 Å². The molecule has 0 aliphatic carbocycles. The van der Waals surface area contributed by atoms with Crippen molar-refractivity contribution in [2.24, 2.45) is 0 Å². The molecule has 0 radical (unpaired) electrons. The summed E-state index contributed by atoms with van der Waals surface area (Å²) in [5.74, 6) is -0.772. The number of ether oxygens (including phenoxy) is 3. The third-order valence-corrected chi connectivity index (χ3v) is 4.54. The average molecular weight is 483 g/mol. The maximum absolute atomic E-state index is 12.6. The molecule has 0 saturated heterocycles. The van der Waals surface area contributed by atoms with Gasteiger partial charge in [0.2, 0.25) is 11.7 Å². The average Bonchev–Trinajstić information content (AvgIpc) is 2.83. The first kappa shape index (κ1) is 26.3. The van der Waals surface area contributed by atoms with Gasteiger partial charge in [-0.2, -0.15) is 13.2 Å². The van der Waals surface area contributed by atoms with Crippen molar-refractivity contribution in [1.82, 2.24) is 16.0 Å².